The van der Waals surface area contributed by atoms with E-state index in [1.54, 1.807) is 20.8 Å². The molecule has 290 valence electrons. The third-order valence-electron chi connectivity index (χ3n) is 12.0. The molecule has 1 saturated heterocycles. The molecular weight excluding hydrogens is 724 g/mol. The molecule has 5 fully saturated rings. The van der Waals surface area contributed by atoms with E-state index in [-0.39, 0.29) is 37.0 Å². The summed E-state index contributed by atoms with van der Waals surface area (Å²) in [6, 6.07) is 0. The van der Waals surface area contributed by atoms with Gasteiger partial charge in [-0.2, -0.15) is 16.8 Å². The van der Waals surface area contributed by atoms with Crippen LogP contribution in [0, 0.1) is 39.9 Å². The summed E-state index contributed by atoms with van der Waals surface area (Å²) in [7, 11) is -11.0. The number of aliphatic carboxylic acids is 2. The van der Waals surface area contributed by atoms with Crippen molar-refractivity contribution < 1.29 is 83.3 Å². The molecule has 1 heterocycles. The van der Waals surface area contributed by atoms with Crippen molar-refractivity contribution in [3.8, 4) is 0 Å². The first-order valence-corrected chi connectivity index (χ1v) is 19.5. The molecule has 1 spiro atoms. The van der Waals surface area contributed by atoms with Crippen molar-refractivity contribution in [2.24, 2.45) is 39.9 Å². The second-order valence-electron chi connectivity index (χ2n) is 15.3. The van der Waals surface area contributed by atoms with Gasteiger partial charge in [0.25, 0.3) is 0 Å². The molecule has 2 bridgehead atoms. The molecule has 0 aromatic heterocycles. The van der Waals surface area contributed by atoms with Gasteiger partial charge in [0.1, 0.15) is 12.2 Å². The molecule has 0 aromatic rings. The van der Waals surface area contributed by atoms with Crippen molar-refractivity contribution in [2.75, 3.05) is 6.61 Å². The Hall–Kier alpha value is -2.27. The first-order chi connectivity index (χ1) is 23.5. The molecule has 0 unspecified atom stereocenters. The molecule has 1 aliphatic heterocycles. The number of aliphatic hydroxyl groups excluding tert-OH is 2. The highest BCUT2D eigenvalue weighted by Gasteiger charge is 2.72. The van der Waals surface area contributed by atoms with Crippen molar-refractivity contribution in [3.05, 3.63) is 12.2 Å². The van der Waals surface area contributed by atoms with E-state index in [9.17, 15) is 60.8 Å². The van der Waals surface area contributed by atoms with Gasteiger partial charge in [0.15, 0.2) is 23.9 Å². The maximum absolute atomic E-state index is 13.1. The Labute approximate surface area is 295 Å². The molecule has 18 nitrogen and oxygen atoms in total. The fourth-order valence-corrected chi connectivity index (χ4v) is 11.3. The number of hydrogen-bond donors (Lipinski definition) is 6. The second-order valence-corrected chi connectivity index (χ2v) is 17.4. The van der Waals surface area contributed by atoms with Crippen molar-refractivity contribution in [1.82, 2.24) is 0 Å². The Morgan fingerprint density at radius 3 is 2.08 bits per heavy atom. The fourth-order valence-electron chi connectivity index (χ4n) is 10.3. The lowest BCUT2D eigenvalue weighted by molar-refractivity contribution is -0.318. The van der Waals surface area contributed by atoms with Crippen LogP contribution < -0.4 is 0 Å². The van der Waals surface area contributed by atoms with E-state index < -0.39 is 117 Å². The van der Waals surface area contributed by atoms with Crippen LogP contribution in [0.4, 0.5) is 0 Å². The molecule has 5 rings (SSSR count). The van der Waals surface area contributed by atoms with Crippen LogP contribution in [0.25, 0.3) is 0 Å². The summed E-state index contributed by atoms with van der Waals surface area (Å²) < 4.78 is 93.4. The normalized spacial score (nSPS) is 40.7. The highest BCUT2D eigenvalue weighted by Crippen LogP contribution is 2.72. The number of ether oxygens (including phenoxy) is 3. The molecule has 12 atom stereocenters. The third kappa shape index (κ3) is 7.20. The predicted octanol–water partition coefficient (Wildman–Crippen LogP) is 1.12. The molecule has 0 aromatic carbocycles. The van der Waals surface area contributed by atoms with E-state index >= 15 is 0 Å². The van der Waals surface area contributed by atoms with Crippen LogP contribution in [0.5, 0.6) is 0 Å². The number of carbonyl (C=O) groups is 3. The van der Waals surface area contributed by atoms with Gasteiger partial charge in [-0.1, -0.05) is 27.4 Å². The molecule has 4 aliphatic carbocycles. The SMILES string of the molecule is C=C1[C@@H]2CC[C@H]3[C@]4(C)C[C@H](O[C@@H]5O[C@H](CO)[C@@H](OS(=O)(=O)O)[C@H](OS(=O)(=O)O)[C@H]5OC(=O)CC(C)C)CC(C(=O)O)(C(=O)O)[C@H]4CC[C@]3(C2)[C@H]1O. The maximum Gasteiger partial charge on any atom is 0.397 e. The van der Waals surface area contributed by atoms with Crippen LogP contribution in [0.2, 0.25) is 0 Å². The topological polar surface area (TPSA) is 287 Å². The fraction of sp³-hybridized carbons (Fsp3) is 0.839. The zero-order valence-electron chi connectivity index (χ0n) is 28.3. The van der Waals surface area contributed by atoms with Gasteiger partial charge in [-0.15, -0.1) is 0 Å². The van der Waals surface area contributed by atoms with Crippen LogP contribution in [0.3, 0.4) is 0 Å². The summed E-state index contributed by atoms with van der Waals surface area (Å²) in [5.74, 6) is -5.84. The summed E-state index contributed by atoms with van der Waals surface area (Å²) in [5, 5.41) is 42.9. The average Bonchev–Trinajstić information content (AvgIpc) is 3.16. The lowest BCUT2D eigenvalue weighted by Crippen LogP contribution is -2.67. The summed E-state index contributed by atoms with van der Waals surface area (Å²) in [4.78, 5) is 39.3. The van der Waals surface area contributed by atoms with Crippen LogP contribution in [-0.4, -0.2) is 114 Å². The van der Waals surface area contributed by atoms with E-state index in [1.165, 1.54) is 0 Å². The zero-order valence-corrected chi connectivity index (χ0v) is 30.0. The van der Waals surface area contributed by atoms with Gasteiger partial charge in [-0.25, -0.2) is 8.37 Å². The molecule has 51 heavy (non-hydrogen) atoms. The first kappa shape index (κ1) is 39.9. The van der Waals surface area contributed by atoms with E-state index in [4.69, 9.17) is 18.4 Å². The van der Waals surface area contributed by atoms with Gasteiger partial charge in [-0.05, 0) is 73.2 Å². The Morgan fingerprint density at radius 1 is 0.922 bits per heavy atom. The summed E-state index contributed by atoms with van der Waals surface area (Å²) in [6.07, 6.45) is -11.5. The second kappa shape index (κ2) is 13.9. The van der Waals surface area contributed by atoms with Crippen molar-refractivity contribution in [3.63, 3.8) is 0 Å². The van der Waals surface area contributed by atoms with Crippen molar-refractivity contribution in [1.29, 1.82) is 0 Å². The van der Waals surface area contributed by atoms with E-state index in [0.717, 1.165) is 0 Å². The highest BCUT2D eigenvalue weighted by molar-refractivity contribution is 7.81. The minimum atomic E-state index is -5.51. The molecule has 0 amide bonds. The predicted molar refractivity (Wildman–Crippen MR) is 169 cm³/mol. The van der Waals surface area contributed by atoms with Gasteiger partial charge in [-0.3, -0.25) is 23.5 Å². The number of esters is 1. The van der Waals surface area contributed by atoms with E-state index in [2.05, 4.69) is 10.8 Å². The van der Waals surface area contributed by atoms with E-state index in [0.29, 0.717) is 31.3 Å². The highest BCUT2D eigenvalue weighted by atomic mass is 32.3. The maximum atomic E-state index is 13.1. The molecule has 0 radical (unpaired) electrons. The van der Waals surface area contributed by atoms with E-state index in [1.807, 2.05) is 0 Å². The van der Waals surface area contributed by atoms with Crippen molar-refractivity contribution in [2.45, 2.75) is 115 Å². The Morgan fingerprint density at radius 2 is 1.53 bits per heavy atom. The number of rotatable bonds is 12. The molecule has 4 saturated carbocycles. The standard InChI is InChI=1S/C31H46O18S2/c1-14(2)9-21(33)47-24-23(49-51(42,43)44)22(48-50(39,40)41)18(13-32)46-26(24)45-17-11-29(4)19-6-5-16-10-30(19,25(34)15(16)3)8-7-20(29)31(12-17,27(35)36)28(37)38/h14,16-20,22-26,32,34H,3,5-13H2,1-2,4H3,(H,35,36)(H,37,38)(H,39,40,41)(H,42,43,44)/t16-,17+,18-,19+,20+,22-,23+,24-,25+,26-,29+,30-/m1/s1. The average molecular weight is 771 g/mol. The summed E-state index contributed by atoms with van der Waals surface area (Å²) in [6.45, 7) is 8.03. The smallest absolute Gasteiger partial charge is 0.397 e. The number of carboxylic acids is 2. The van der Waals surface area contributed by atoms with Gasteiger partial charge >= 0.3 is 38.7 Å². The molecule has 20 heteroatoms. The number of aliphatic hydroxyl groups is 2. The number of hydrogen-bond acceptors (Lipinski definition) is 14. The molecule has 5 aliphatic rings. The largest absolute Gasteiger partial charge is 0.480 e. The summed E-state index contributed by atoms with van der Waals surface area (Å²) in [5.41, 5.74) is -3.52. The monoisotopic (exact) mass is 770 g/mol. The molecule has 6 N–H and O–H groups in total. The summed E-state index contributed by atoms with van der Waals surface area (Å²) >= 11 is 0. The quantitative estimate of drug-likeness (QED) is 0.0533. The Kier molecular flexibility index (Phi) is 10.8. The van der Waals surface area contributed by atoms with Gasteiger partial charge in [0.2, 0.25) is 0 Å². The lowest BCUT2D eigenvalue weighted by atomic mass is 9.40. The number of fused-ring (bicyclic) bond motifs is 3. The number of carbonyl (C=O) groups excluding carboxylic acids is 1. The van der Waals surface area contributed by atoms with Crippen molar-refractivity contribution >= 4 is 38.7 Å². The van der Waals surface area contributed by atoms with Gasteiger partial charge in [0.05, 0.1) is 18.8 Å². The lowest BCUT2D eigenvalue weighted by Gasteiger charge is -2.64. The first-order valence-electron chi connectivity index (χ1n) is 16.7. The van der Waals surface area contributed by atoms with Crippen LogP contribution in [0.1, 0.15) is 72.1 Å². The van der Waals surface area contributed by atoms with Crippen LogP contribution >= 0.6 is 0 Å². The zero-order chi connectivity index (χ0) is 38.1. The number of carboxylic acid groups (broad SMARTS) is 2. The molecular formula is C31H46O18S2. The minimum absolute atomic E-state index is 0.00133. The Balaban J connectivity index is 1.59. The Bertz CT molecular complexity index is 1610. The third-order valence-corrected chi connectivity index (χ3v) is 12.9. The van der Waals surface area contributed by atoms with Crippen LogP contribution in [0.15, 0.2) is 12.2 Å². The minimum Gasteiger partial charge on any atom is -0.480 e. The van der Waals surface area contributed by atoms with Gasteiger partial charge < -0.3 is 34.6 Å². The van der Waals surface area contributed by atoms with Gasteiger partial charge in [0, 0.05) is 18.3 Å². The van der Waals surface area contributed by atoms with Crippen LogP contribution in [-0.2, 0) is 57.8 Å².